The summed E-state index contributed by atoms with van der Waals surface area (Å²) in [6.45, 7) is 0.487. The van der Waals surface area contributed by atoms with Crippen LogP contribution in [0.5, 0.6) is 5.75 Å². The zero-order valence-electron chi connectivity index (χ0n) is 11.1. The third-order valence-corrected chi connectivity index (χ3v) is 5.10. The van der Waals surface area contributed by atoms with E-state index in [-0.39, 0.29) is 17.5 Å². The molecule has 1 aromatic carbocycles. The third-order valence-electron chi connectivity index (χ3n) is 3.36. The predicted molar refractivity (Wildman–Crippen MR) is 74.7 cm³/mol. The molecule has 1 aliphatic heterocycles. The number of sulfone groups is 1. The van der Waals surface area contributed by atoms with E-state index < -0.39 is 9.84 Å². The fourth-order valence-electron chi connectivity index (χ4n) is 2.38. The zero-order chi connectivity index (χ0) is 14.2. The van der Waals surface area contributed by atoms with Crippen molar-refractivity contribution in [3.8, 4) is 5.75 Å². The molecule has 3 rings (SSSR count). The smallest absolute Gasteiger partial charge is 0.197 e. The Balaban J connectivity index is 1.80. The van der Waals surface area contributed by atoms with Crippen molar-refractivity contribution in [1.82, 2.24) is 10.3 Å². The Bertz CT molecular complexity index is 723. The molecular weight excluding hydrogens is 280 g/mol. The Kier molecular flexibility index (Phi) is 3.39. The largest absolute Gasteiger partial charge is 0.497 e. The van der Waals surface area contributed by atoms with E-state index in [1.807, 2.05) is 12.1 Å². The summed E-state index contributed by atoms with van der Waals surface area (Å²) in [5, 5.41) is 3.19. The van der Waals surface area contributed by atoms with E-state index in [4.69, 9.17) is 9.15 Å². The third kappa shape index (κ3) is 2.78. The molecule has 0 saturated carbocycles. The van der Waals surface area contributed by atoms with Crippen molar-refractivity contribution in [2.45, 2.75) is 12.5 Å². The van der Waals surface area contributed by atoms with Crippen LogP contribution in [0, 0.1) is 0 Å². The second-order valence-corrected chi connectivity index (χ2v) is 7.14. The average Bonchev–Trinajstić information content (AvgIpc) is 2.78. The number of methoxy groups -OCH3 is 1. The summed E-state index contributed by atoms with van der Waals surface area (Å²) in [5.41, 5.74) is 1.40. The van der Waals surface area contributed by atoms with Crippen LogP contribution in [-0.4, -0.2) is 44.6 Å². The molecule has 1 aromatic heterocycles. The van der Waals surface area contributed by atoms with Gasteiger partial charge < -0.3 is 14.5 Å². The van der Waals surface area contributed by atoms with E-state index in [1.54, 1.807) is 13.2 Å². The van der Waals surface area contributed by atoms with Crippen molar-refractivity contribution in [1.29, 1.82) is 0 Å². The molecule has 2 heterocycles. The summed E-state index contributed by atoms with van der Waals surface area (Å²) in [7, 11) is -1.35. The van der Waals surface area contributed by atoms with Gasteiger partial charge in [0.05, 0.1) is 18.6 Å². The molecule has 0 aliphatic carbocycles. The van der Waals surface area contributed by atoms with Crippen LogP contribution in [0.4, 0.5) is 0 Å². The first kappa shape index (κ1) is 13.4. The molecular formula is C13H16N2O4S. The van der Waals surface area contributed by atoms with Gasteiger partial charge in [-0.2, -0.15) is 0 Å². The van der Waals surface area contributed by atoms with Gasteiger partial charge in [0, 0.05) is 25.1 Å². The molecule has 1 saturated heterocycles. The molecule has 7 heteroatoms. The van der Waals surface area contributed by atoms with Gasteiger partial charge in [0.15, 0.2) is 21.3 Å². The highest BCUT2D eigenvalue weighted by atomic mass is 32.2. The van der Waals surface area contributed by atoms with Crippen molar-refractivity contribution in [2.24, 2.45) is 0 Å². The van der Waals surface area contributed by atoms with Crippen LogP contribution in [0.3, 0.4) is 0 Å². The molecule has 0 amide bonds. The summed E-state index contributed by atoms with van der Waals surface area (Å²) < 4.78 is 34.0. The van der Waals surface area contributed by atoms with E-state index in [2.05, 4.69) is 10.3 Å². The van der Waals surface area contributed by atoms with Crippen molar-refractivity contribution in [3.63, 3.8) is 0 Å². The van der Waals surface area contributed by atoms with Gasteiger partial charge in [0.2, 0.25) is 0 Å². The lowest BCUT2D eigenvalue weighted by atomic mass is 10.2. The normalized spacial score (nSPS) is 21.9. The minimum Gasteiger partial charge on any atom is -0.497 e. The average molecular weight is 296 g/mol. The molecule has 1 aliphatic rings. The van der Waals surface area contributed by atoms with Gasteiger partial charge in [0.1, 0.15) is 11.3 Å². The van der Waals surface area contributed by atoms with E-state index >= 15 is 0 Å². The molecule has 1 unspecified atom stereocenters. The number of nitrogens with one attached hydrogen (secondary N) is 1. The monoisotopic (exact) mass is 296 g/mol. The highest BCUT2D eigenvalue weighted by Gasteiger charge is 2.25. The van der Waals surface area contributed by atoms with Crippen molar-refractivity contribution in [2.75, 3.05) is 25.2 Å². The molecule has 0 radical (unpaired) electrons. The first-order chi connectivity index (χ1) is 9.55. The van der Waals surface area contributed by atoms with Gasteiger partial charge in [-0.25, -0.2) is 13.4 Å². The number of rotatable bonds is 3. The van der Waals surface area contributed by atoms with Crippen LogP contribution in [0.1, 0.15) is 5.89 Å². The van der Waals surface area contributed by atoms with Gasteiger partial charge in [-0.1, -0.05) is 0 Å². The molecule has 0 bridgehead atoms. The fraction of sp³-hybridized carbons (Fsp3) is 0.462. The Morgan fingerprint density at radius 3 is 3.10 bits per heavy atom. The maximum absolute atomic E-state index is 11.6. The van der Waals surface area contributed by atoms with Crippen LogP contribution in [-0.2, 0) is 16.3 Å². The standard InChI is InChI=1S/C13H16N2O4S/c1-18-10-2-3-11-12(7-10)19-13(15-11)6-9-8-20(16,17)5-4-14-9/h2-3,7,9,14H,4-6,8H2,1H3. The lowest BCUT2D eigenvalue weighted by molar-refractivity contribution is 0.413. The summed E-state index contributed by atoms with van der Waals surface area (Å²) in [6, 6.07) is 5.28. The van der Waals surface area contributed by atoms with Crippen LogP contribution in [0.25, 0.3) is 11.1 Å². The topological polar surface area (TPSA) is 81.4 Å². The highest BCUT2D eigenvalue weighted by Crippen LogP contribution is 2.22. The fourth-order valence-corrected chi connectivity index (χ4v) is 3.82. The predicted octanol–water partition coefficient (Wildman–Crippen LogP) is 0.765. The highest BCUT2D eigenvalue weighted by molar-refractivity contribution is 7.91. The van der Waals surface area contributed by atoms with Gasteiger partial charge >= 0.3 is 0 Å². The quantitative estimate of drug-likeness (QED) is 0.901. The van der Waals surface area contributed by atoms with E-state index in [0.29, 0.717) is 30.2 Å². The summed E-state index contributed by atoms with van der Waals surface area (Å²) in [4.78, 5) is 4.37. The Morgan fingerprint density at radius 1 is 1.50 bits per heavy atom. The molecule has 1 fully saturated rings. The molecule has 20 heavy (non-hydrogen) atoms. The maximum Gasteiger partial charge on any atom is 0.197 e. The number of fused-ring (bicyclic) bond motifs is 1. The van der Waals surface area contributed by atoms with Gasteiger partial charge in [0.25, 0.3) is 0 Å². The van der Waals surface area contributed by atoms with Crippen LogP contribution in [0.2, 0.25) is 0 Å². The minimum absolute atomic E-state index is 0.134. The minimum atomic E-state index is -2.94. The number of ether oxygens (including phenoxy) is 1. The zero-order valence-corrected chi connectivity index (χ0v) is 11.9. The number of nitrogens with zero attached hydrogens (tertiary/aromatic N) is 1. The van der Waals surface area contributed by atoms with E-state index in [9.17, 15) is 8.42 Å². The van der Waals surface area contributed by atoms with Crippen LogP contribution < -0.4 is 10.1 Å². The number of oxazole rings is 1. The van der Waals surface area contributed by atoms with Gasteiger partial charge in [-0.3, -0.25) is 0 Å². The molecule has 2 aromatic rings. The lowest BCUT2D eigenvalue weighted by Crippen LogP contribution is -2.46. The Morgan fingerprint density at radius 2 is 2.35 bits per heavy atom. The molecule has 1 atom stereocenters. The van der Waals surface area contributed by atoms with Crippen molar-refractivity contribution in [3.05, 3.63) is 24.1 Å². The first-order valence-electron chi connectivity index (χ1n) is 6.43. The van der Waals surface area contributed by atoms with Crippen molar-refractivity contribution >= 4 is 20.9 Å². The second kappa shape index (κ2) is 5.06. The Hall–Kier alpha value is -1.60. The number of benzene rings is 1. The van der Waals surface area contributed by atoms with Crippen LogP contribution >= 0.6 is 0 Å². The second-order valence-electron chi connectivity index (χ2n) is 4.91. The SMILES string of the molecule is COc1ccc2nc(CC3CS(=O)(=O)CCN3)oc2c1. The number of aromatic nitrogens is 1. The molecule has 108 valence electrons. The van der Waals surface area contributed by atoms with E-state index in [0.717, 1.165) is 5.52 Å². The number of hydrogen-bond donors (Lipinski definition) is 1. The summed E-state index contributed by atoms with van der Waals surface area (Å²) >= 11 is 0. The molecule has 6 nitrogen and oxygen atoms in total. The first-order valence-corrected chi connectivity index (χ1v) is 8.25. The lowest BCUT2D eigenvalue weighted by Gasteiger charge is -2.22. The molecule has 0 spiro atoms. The van der Waals surface area contributed by atoms with Crippen molar-refractivity contribution < 1.29 is 17.6 Å². The van der Waals surface area contributed by atoms with Gasteiger partial charge in [-0.05, 0) is 12.1 Å². The summed E-state index contributed by atoms with van der Waals surface area (Å²) in [5.74, 6) is 1.59. The van der Waals surface area contributed by atoms with Crippen LogP contribution in [0.15, 0.2) is 22.6 Å². The number of hydrogen-bond acceptors (Lipinski definition) is 6. The Labute approximate surface area is 117 Å². The molecule has 1 N–H and O–H groups in total. The summed E-state index contributed by atoms with van der Waals surface area (Å²) in [6.07, 6.45) is 0.468. The maximum atomic E-state index is 11.6. The van der Waals surface area contributed by atoms with E-state index in [1.165, 1.54) is 0 Å². The van der Waals surface area contributed by atoms with Gasteiger partial charge in [-0.15, -0.1) is 0 Å².